The fourth-order valence-corrected chi connectivity index (χ4v) is 4.06. The molecule has 27 heavy (non-hydrogen) atoms. The molecule has 1 amide bonds. The first-order valence-electron chi connectivity index (χ1n) is 7.82. The Labute approximate surface area is 160 Å². The Morgan fingerprint density at radius 2 is 2.15 bits per heavy atom. The van der Waals surface area contributed by atoms with Gasteiger partial charge < -0.3 is 18.5 Å². The molecular formula is C16H13N3O6S2. The van der Waals surface area contributed by atoms with E-state index in [1.165, 1.54) is 17.4 Å². The van der Waals surface area contributed by atoms with Gasteiger partial charge in [-0.05, 0) is 12.3 Å². The zero-order valence-corrected chi connectivity index (χ0v) is 15.7. The summed E-state index contributed by atoms with van der Waals surface area (Å²) in [5, 5.41) is 10.7. The number of aryl methyl sites for hydroxylation is 1. The van der Waals surface area contributed by atoms with E-state index >= 15 is 0 Å². The largest absolute Gasteiger partial charge is 0.454 e. The van der Waals surface area contributed by atoms with Crippen molar-refractivity contribution in [2.24, 2.45) is 4.99 Å². The lowest BCUT2D eigenvalue weighted by Gasteiger charge is -2.04. The van der Waals surface area contributed by atoms with E-state index in [2.05, 4.69) is 4.99 Å². The topological polar surface area (TPSA) is 109 Å². The number of amides is 1. The van der Waals surface area contributed by atoms with E-state index in [1.54, 1.807) is 11.8 Å². The maximum absolute atomic E-state index is 12.4. The SMILES string of the molecule is CSCCn1c(=NC(=O)c2ccc([N+](=O)[O-])o2)sc2cc3c(cc21)OCO3. The van der Waals surface area contributed by atoms with Crippen LogP contribution in [0.2, 0.25) is 0 Å². The number of aromatic nitrogens is 1. The summed E-state index contributed by atoms with van der Waals surface area (Å²) < 4.78 is 18.6. The number of ether oxygens (including phenoxy) is 2. The van der Waals surface area contributed by atoms with Crippen molar-refractivity contribution in [1.29, 1.82) is 0 Å². The highest BCUT2D eigenvalue weighted by atomic mass is 32.2. The minimum absolute atomic E-state index is 0.176. The van der Waals surface area contributed by atoms with Crippen LogP contribution in [0, 0.1) is 10.1 Å². The summed E-state index contributed by atoms with van der Waals surface area (Å²) in [6, 6.07) is 6.11. The molecule has 0 spiro atoms. The highest BCUT2D eigenvalue weighted by Gasteiger charge is 2.20. The summed E-state index contributed by atoms with van der Waals surface area (Å²) >= 11 is 3.00. The minimum Gasteiger partial charge on any atom is -0.454 e. The van der Waals surface area contributed by atoms with Crippen LogP contribution in [0.3, 0.4) is 0 Å². The Morgan fingerprint density at radius 3 is 2.85 bits per heavy atom. The van der Waals surface area contributed by atoms with Gasteiger partial charge in [0, 0.05) is 24.4 Å². The first kappa shape index (κ1) is 17.6. The Bertz CT molecular complexity index is 1110. The number of fused-ring (bicyclic) bond motifs is 2. The summed E-state index contributed by atoms with van der Waals surface area (Å²) in [7, 11) is 0. The number of rotatable bonds is 5. The molecule has 4 rings (SSSR count). The molecule has 2 aromatic heterocycles. The minimum atomic E-state index is -0.698. The van der Waals surface area contributed by atoms with Crippen molar-refractivity contribution in [1.82, 2.24) is 4.57 Å². The molecule has 0 fully saturated rings. The predicted molar refractivity (Wildman–Crippen MR) is 99.6 cm³/mol. The smallest absolute Gasteiger partial charge is 0.433 e. The van der Waals surface area contributed by atoms with Gasteiger partial charge in [0.05, 0.1) is 16.3 Å². The molecule has 0 unspecified atom stereocenters. The fourth-order valence-electron chi connectivity index (χ4n) is 2.63. The van der Waals surface area contributed by atoms with Gasteiger partial charge in [-0.3, -0.25) is 14.9 Å². The number of hydrogen-bond donors (Lipinski definition) is 0. The first-order valence-corrected chi connectivity index (χ1v) is 10.0. The van der Waals surface area contributed by atoms with Crippen molar-refractivity contribution < 1.29 is 23.6 Å². The molecule has 3 aromatic rings. The molecule has 0 radical (unpaired) electrons. The number of thioether (sulfide) groups is 1. The molecule has 3 heterocycles. The molecule has 0 atom stereocenters. The molecule has 11 heteroatoms. The second kappa shape index (κ2) is 7.08. The Morgan fingerprint density at radius 1 is 1.37 bits per heavy atom. The number of thiazole rings is 1. The van der Waals surface area contributed by atoms with Crippen LogP contribution in [0.5, 0.6) is 11.5 Å². The fraction of sp³-hybridized carbons (Fsp3) is 0.250. The molecule has 0 aliphatic carbocycles. The molecule has 0 N–H and O–H groups in total. The number of carbonyl (C=O) groups excluding carboxylic acids is 1. The number of carbonyl (C=O) groups is 1. The van der Waals surface area contributed by atoms with E-state index in [0.717, 1.165) is 22.0 Å². The van der Waals surface area contributed by atoms with Crippen LogP contribution in [0.1, 0.15) is 10.6 Å². The molecule has 0 saturated heterocycles. The van der Waals surface area contributed by atoms with E-state index in [1.807, 2.05) is 23.0 Å². The normalized spacial score (nSPS) is 13.4. The molecule has 0 bridgehead atoms. The van der Waals surface area contributed by atoms with Crippen LogP contribution in [-0.4, -0.2) is 34.2 Å². The lowest BCUT2D eigenvalue weighted by Crippen LogP contribution is -2.18. The maximum atomic E-state index is 12.4. The van der Waals surface area contributed by atoms with Crippen LogP contribution in [0.15, 0.2) is 33.7 Å². The molecule has 1 aliphatic rings. The summed E-state index contributed by atoms with van der Waals surface area (Å²) in [5.41, 5.74) is 0.885. The highest BCUT2D eigenvalue weighted by Crippen LogP contribution is 2.37. The van der Waals surface area contributed by atoms with Gasteiger partial charge in [0.25, 0.3) is 0 Å². The lowest BCUT2D eigenvalue weighted by atomic mass is 10.3. The lowest BCUT2D eigenvalue weighted by molar-refractivity contribution is -0.402. The van der Waals surface area contributed by atoms with E-state index < -0.39 is 16.7 Å². The number of benzene rings is 1. The quantitative estimate of drug-likeness (QED) is 0.472. The van der Waals surface area contributed by atoms with Gasteiger partial charge in [-0.15, -0.1) is 0 Å². The number of nitro groups is 1. The van der Waals surface area contributed by atoms with Crippen molar-refractivity contribution in [3.8, 4) is 11.5 Å². The van der Waals surface area contributed by atoms with Crippen molar-refractivity contribution >= 4 is 45.1 Å². The van der Waals surface area contributed by atoms with E-state index in [0.29, 0.717) is 22.8 Å². The molecule has 1 aliphatic heterocycles. The van der Waals surface area contributed by atoms with E-state index in [-0.39, 0.29) is 12.6 Å². The van der Waals surface area contributed by atoms with Gasteiger partial charge >= 0.3 is 11.8 Å². The molecule has 1 aromatic carbocycles. The Balaban J connectivity index is 1.80. The third-order valence-electron chi connectivity index (χ3n) is 3.88. The monoisotopic (exact) mass is 407 g/mol. The van der Waals surface area contributed by atoms with Gasteiger partial charge in [0.15, 0.2) is 16.3 Å². The second-order valence-corrected chi connectivity index (χ2v) is 7.51. The van der Waals surface area contributed by atoms with Crippen molar-refractivity contribution in [3.63, 3.8) is 0 Å². The Kier molecular flexibility index (Phi) is 4.62. The van der Waals surface area contributed by atoms with Crippen molar-refractivity contribution in [2.75, 3.05) is 18.8 Å². The van der Waals surface area contributed by atoms with Crippen molar-refractivity contribution in [3.05, 3.63) is 44.9 Å². The standard InChI is InChI=1S/C16H13N3O6S2/c1-26-5-4-18-9-6-11-12(24-8-23-11)7-13(9)27-16(18)17-15(20)10-2-3-14(25-10)19(21)22/h2-3,6-7H,4-5,8H2,1H3. The van der Waals surface area contributed by atoms with E-state index in [9.17, 15) is 14.9 Å². The molecule has 9 nitrogen and oxygen atoms in total. The third kappa shape index (κ3) is 3.30. The van der Waals surface area contributed by atoms with Crippen LogP contribution in [0.25, 0.3) is 10.2 Å². The number of nitrogens with zero attached hydrogens (tertiary/aromatic N) is 3. The van der Waals surface area contributed by atoms with Crippen LogP contribution >= 0.6 is 23.1 Å². The average molecular weight is 407 g/mol. The van der Waals surface area contributed by atoms with Crippen LogP contribution in [0.4, 0.5) is 5.88 Å². The zero-order chi connectivity index (χ0) is 19.0. The summed E-state index contributed by atoms with van der Waals surface area (Å²) in [5.74, 6) is 0.787. The first-order chi connectivity index (χ1) is 13.1. The third-order valence-corrected chi connectivity index (χ3v) is 5.51. The van der Waals surface area contributed by atoms with Crippen LogP contribution in [-0.2, 0) is 6.54 Å². The zero-order valence-electron chi connectivity index (χ0n) is 14.0. The summed E-state index contributed by atoms with van der Waals surface area (Å²) in [6.07, 6.45) is 1.99. The van der Waals surface area contributed by atoms with Gasteiger partial charge in [-0.25, -0.2) is 0 Å². The van der Waals surface area contributed by atoms with Gasteiger partial charge in [0.1, 0.15) is 4.92 Å². The van der Waals surface area contributed by atoms with Gasteiger partial charge in [0.2, 0.25) is 12.6 Å². The molecular weight excluding hydrogens is 394 g/mol. The molecule has 140 valence electrons. The second-order valence-electron chi connectivity index (χ2n) is 5.51. The summed E-state index contributed by atoms with van der Waals surface area (Å²) in [4.78, 5) is 27.0. The average Bonchev–Trinajstić information content (AvgIpc) is 3.36. The molecule has 0 saturated carbocycles. The van der Waals surface area contributed by atoms with Gasteiger partial charge in [-0.1, -0.05) is 11.3 Å². The van der Waals surface area contributed by atoms with Crippen LogP contribution < -0.4 is 14.3 Å². The number of hydrogen-bond acceptors (Lipinski definition) is 8. The number of furan rings is 1. The Hall–Kier alpha value is -2.79. The van der Waals surface area contributed by atoms with Gasteiger partial charge in [-0.2, -0.15) is 16.8 Å². The highest BCUT2D eigenvalue weighted by molar-refractivity contribution is 7.98. The predicted octanol–water partition coefficient (Wildman–Crippen LogP) is 3.04. The maximum Gasteiger partial charge on any atom is 0.433 e. The van der Waals surface area contributed by atoms with Crippen molar-refractivity contribution in [2.45, 2.75) is 6.54 Å². The van der Waals surface area contributed by atoms with E-state index in [4.69, 9.17) is 13.9 Å². The summed E-state index contributed by atoms with van der Waals surface area (Å²) in [6.45, 7) is 0.829.